The molecule has 0 aliphatic carbocycles. The fourth-order valence-electron chi connectivity index (χ4n) is 2.02. The second-order valence-corrected chi connectivity index (χ2v) is 11.1. The van der Waals surface area contributed by atoms with E-state index >= 15 is 0 Å². The molecular weight excluding hydrogens is 529 g/mol. The fourth-order valence-corrected chi connectivity index (χ4v) is 6.48. The fraction of sp³-hybridized carbons (Fsp3) is 1.00. The Morgan fingerprint density at radius 3 is 2.13 bits per heavy atom. The van der Waals surface area contributed by atoms with Crippen molar-refractivity contribution < 1.29 is 21.5 Å². The van der Waals surface area contributed by atoms with Crippen LogP contribution in [0.5, 0.6) is 0 Å². The molecule has 2 heterocycles. The van der Waals surface area contributed by atoms with E-state index in [1.165, 1.54) is 51.9 Å². The number of alkyl halides is 2. The van der Waals surface area contributed by atoms with Gasteiger partial charge in [0.1, 0.15) is 0 Å². The molecule has 2 aliphatic rings. The van der Waals surface area contributed by atoms with Gasteiger partial charge in [-0.15, -0.1) is 0 Å². The molecule has 0 unspecified atom stereocenters. The molecule has 90 valence electrons. The van der Waals surface area contributed by atoms with Gasteiger partial charge in [-0.25, -0.2) is 0 Å². The Labute approximate surface area is 131 Å². The van der Waals surface area contributed by atoms with E-state index in [9.17, 15) is 0 Å². The van der Waals surface area contributed by atoms with Crippen LogP contribution in [0.2, 0.25) is 0 Å². The molecule has 0 bridgehead atoms. The standard InChI is InChI=1S/C10H18I3N2/c11-9-1-7-15(8-2-9)13-10-3-5-14(12)6-4-10/h9-10H,1-8H2/q-1. The SMILES string of the molecule is IC1CCN([I-]C2CCN(I)CC2)CC1. The van der Waals surface area contributed by atoms with Crippen molar-refractivity contribution in [2.45, 2.75) is 33.5 Å². The van der Waals surface area contributed by atoms with Crippen molar-refractivity contribution in [3.05, 3.63) is 0 Å². The molecule has 0 aromatic carbocycles. The molecule has 2 aliphatic heterocycles. The molecule has 15 heavy (non-hydrogen) atoms. The maximum atomic E-state index is 2.81. The first-order valence-corrected chi connectivity index (χ1v) is 10.1. The van der Waals surface area contributed by atoms with Crippen molar-refractivity contribution in [2.24, 2.45) is 0 Å². The van der Waals surface area contributed by atoms with Crippen molar-refractivity contribution in [3.63, 3.8) is 0 Å². The molecule has 2 saturated heterocycles. The topological polar surface area (TPSA) is 6.48 Å². The predicted molar refractivity (Wildman–Crippen MR) is 77.2 cm³/mol. The molecule has 2 rings (SSSR count). The molecule has 0 atom stereocenters. The van der Waals surface area contributed by atoms with Gasteiger partial charge in [0.25, 0.3) is 0 Å². The van der Waals surface area contributed by atoms with Gasteiger partial charge in [-0.1, -0.05) is 0 Å². The summed E-state index contributed by atoms with van der Waals surface area (Å²) in [4.78, 5) is 0. The van der Waals surface area contributed by atoms with Crippen molar-refractivity contribution in [1.29, 1.82) is 0 Å². The van der Waals surface area contributed by atoms with Gasteiger partial charge in [-0.3, -0.25) is 0 Å². The second-order valence-electron chi connectivity index (χ2n) is 4.27. The Bertz CT molecular complexity index is 167. The summed E-state index contributed by atoms with van der Waals surface area (Å²) in [5, 5.41) is 0. The van der Waals surface area contributed by atoms with Gasteiger partial charge in [-0.05, 0) is 0 Å². The summed E-state index contributed by atoms with van der Waals surface area (Å²) in [5.41, 5.74) is 0. The zero-order valence-corrected chi connectivity index (χ0v) is 15.3. The van der Waals surface area contributed by atoms with E-state index < -0.39 is 0 Å². The van der Waals surface area contributed by atoms with Crippen molar-refractivity contribution >= 4 is 45.5 Å². The van der Waals surface area contributed by atoms with Crippen LogP contribution in [0.15, 0.2) is 0 Å². The zero-order valence-electron chi connectivity index (χ0n) is 8.84. The van der Waals surface area contributed by atoms with E-state index in [1.807, 2.05) is 0 Å². The molecule has 0 radical (unpaired) electrons. The van der Waals surface area contributed by atoms with Crippen molar-refractivity contribution in [1.82, 2.24) is 6.23 Å². The van der Waals surface area contributed by atoms with Gasteiger partial charge in [0.05, 0.1) is 0 Å². The zero-order chi connectivity index (χ0) is 10.7. The molecule has 0 aromatic heterocycles. The van der Waals surface area contributed by atoms with Gasteiger partial charge in [0.2, 0.25) is 0 Å². The minimum atomic E-state index is 0.344. The summed E-state index contributed by atoms with van der Waals surface area (Å²) in [6, 6.07) is 0. The quantitative estimate of drug-likeness (QED) is 0.267. The third-order valence-corrected chi connectivity index (χ3v) is 9.01. The van der Waals surface area contributed by atoms with Crippen LogP contribution in [-0.2, 0) is 0 Å². The number of rotatable bonds is 2. The number of halogens is 3. The molecule has 5 heteroatoms. The summed E-state index contributed by atoms with van der Waals surface area (Å²) < 4.78 is 7.30. The summed E-state index contributed by atoms with van der Waals surface area (Å²) in [6.45, 7) is 5.44. The first-order chi connectivity index (χ1) is 7.24. The molecule has 0 aromatic rings. The third kappa shape index (κ3) is 4.70. The van der Waals surface area contributed by atoms with E-state index in [-0.39, 0.29) is 0 Å². The minimum absolute atomic E-state index is 0.344. The van der Waals surface area contributed by atoms with Gasteiger partial charge in [0, 0.05) is 0 Å². The van der Waals surface area contributed by atoms with E-state index in [2.05, 4.69) is 51.7 Å². The van der Waals surface area contributed by atoms with Crippen molar-refractivity contribution in [2.75, 3.05) is 26.2 Å². The number of piperidine rings is 2. The summed E-state index contributed by atoms with van der Waals surface area (Å²) in [6.07, 6.45) is 5.79. The van der Waals surface area contributed by atoms with Crippen LogP contribution in [0.3, 0.4) is 0 Å². The number of hydrogen-bond donors (Lipinski definition) is 0. The Morgan fingerprint density at radius 2 is 1.53 bits per heavy atom. The number of nitrogens with zero attached hydrogens (tertiary/aromatic N) is 2. The Balaban J connectivity index is 1.68. The molecule has 0 saturated carbocycles. The summed E-state index contributed by atoms with van der Waals surface area (Å²) in [7, 11) is 0. The van der Waals surface area contributed by atoms with E-state index in [0.717, 1.165) is 7.85 Å². The van der Waals surface area contributed by atoms with Crippen LogP contribution in [0.25, 0.3) is 0 Å². The monoisotopic (exact) mass is 547 g/mol. The molecule has 2 fully saturated rings. The average molecular weight is 547 g/mol. The molecule has 0 spiro atoms. The van der Waals surface area contributed by atoms with E-state index in [0.29, 0.717) is 21.5 Å². The Morgan fingerprint density at radius 1 is 0.933 bits per heavy atom. The van der Waals surface area contributed by atoms with Crippen LogP contribution in [0.4, 0.5) is 0 Å². The van der Waals surface area contributed by atoms with Crippen molar-refractivity contribution in [3.8, 4) is 0 Å². The van der Waals surface area contributed by atoms with Gasteiger partial charge >= 0.3 is 133 Å². The maximum absolute atomic E-state index is 2.81. The summed E-state index contributed by atoms with van der Waals surface area (Å²) >= 11 is 5.43. The van der Waals surface area contributed by atoms with Crippen LogP contribution >= 0.6 is 45.5 Å². The van der Waals surface area contributed by atoms with E-state index in [1.54, 1.807) is 0 Å². The van der Waals surface area contributed by atoms with E-state index in [4.69, 9.17) is 0 Å². The molecular formula is C10H18I3N2-. The molecule has 0 amide bonds. The van der Waals surface area contributed by atoms with Gasteiger partial charge < -0.3 is 0 Å². The average Bonchev–Trinajstić information content (AvgIpc) is 2.25. The van der Waals surface area contributed by atoms with Gasteiger partial charge in [-0.2, -0.15) is 0 Å². The first kappa shape index (κ1) is 13.5. The third-order valence-electron chi connectivity index (χ3n) is 3.02. The summed E-state index contributed by atoms with van der Waals surface area (Å²) in [5.74, 6) is 0. The second kappa shape index (κ2) is 6.89. The van der Waals surface area contributed by atoms with Crippen LogP contribution in [-0.4, -0.2) is 40.3 Å². The van der Waals surface area contributed by atoms with Crippen LogP contribution in [0.1, 0.15) is 25.7 Å². The van der Waals surface area contributed by atoms with Crippen LogP contribution < -0.4 is 21.5 Å². The first-order valence-electron chi connectivity index (χ1n) is 5.67. The number of hydrogen-bond acceptors (Lipinski definition) is 2. The Kier molecular flexibility index (Phi) is 6.22. The normalized spacial score (nSPS) is 28.7. The Hall–Kier alpha value is 2.11. The van der Waals surface area contributed by atoms with Gasteiger partial charge in [0.15, 0.2) is 0 Å². The molecule has 0 N–H and O–H groups in total. The van der Waals surface area contributed by atoms with Crippen LogP contribution in [0, 0.1) is 0 Å². The predicted octanol–water partition coefficient (Wildman–Crippen LogP) is -0.296. The molecule has 2 nitrogen and oxygen atoms in total.